The molecule has 1 amide bonds. The number of nitrogens with zero attached hydrogens (tertiary/aromatic N) is 2. The first kappa shape index (κ1) is 19.5. The lowest BCUT2D eigenvalue weighted by atomic mass is 10.2. The average molecular weight is 398 g/mol. The van der Waals surface area contributed by atoms with E-state index in [9.17, 15) is 18.0 Å². The fourth-order valence-corrected chi connectivity index (χ4v) is 3.34. The topological polar surface area (TPSA) is 35.6 Å². The molecule has 0 spiro atoms. The molecule has 1 aliphatic heterocycles. The number of nitrogens with one attached hydrogen (secondary N) is 1. The van der Waals surface area contributed by atoms with Crippen LogP contribution in [0.2, 0.25) is 5.02 Å². The van der Waals surface area contributed by atoms with Crippen molar-refractivity contribution in [2.75, 3.05) is 36.4 Å². The van der Waals surface area contributed by atoms with Crippen LogP contribution in [0.5, 0.6) is 0 Å². The second-order valence-corrected chi connectivity index (χ2v) is 6.77. The van der Waals surface area contributed by atoms with Gasteiger partial charge in [0.05, 0.1) is 22.4 Å². The van der Waals surface area contributed by atoms with Crippen molar-refractivity contribution >= 4 is 28.9 Å². The molecule has 0 aromatic heterocycles. The standard InChI is InChI=1S/C19H19ClF3N3O/c1-12(19(27)24-15-7-6-14(21)17(22)18(15)23)25-8-10-26(11-9-25)16-5-3-2-4-13(16)20/h2-7,12H,8-11H2,1H3,(H,24,27)/t12-/m0/s1. The maximum absolute atomic E-state index is 13.7. The Labute approximate surface area is 160 Å². The summed E-state index contributed by atoms with van der Waals surface area (Å²) in [7, 11) is 0. The third kappa shape index (κ3) is 4.20. The van der Waals surface area contributed by atoms with Gasteiger partial charge in [0.25, 0.3) is 0 Å². The molecule has 2 aromatic carbocycles. The van der Waals surface area contributed by atoms with Crippen LogP contribution >= 0.6 is 11.6 Å². The quantitative estimate of drug-likeness (QED) is 0.795. The number of halogens is 4. The predicted octanol–water partition coefficient (Wildman–Crippen LogP) is 3.91. The van der Waals surface area contributed by atoms with Gasteiger partial charge in [-0.25, -0.2) is 13.2 Å². The Balaban J connectivity index is 1.61. The summed E-state index contributed by atoms with van der Waals surface area (Å²) in [5.41, 5.74) is 0.570. The van der Waals surface area contributed by atoms with E-state index in [0.717, 1.165) is 17.8 Å². The molecule has 2 aromatic rings. The molecule has 4 nitrogen and oxygen atoms in total. The smallest absolute Gasteiger partial charge is 0.241 e. The van der Waals surface area contributed by atoms with Gasteiger partial charge in [-0.1, -0.05) is 23.7 Å². The minimum absolute atomic E-state index is 0.375. The van der Waals surface area contributed by atoms with Crippen molar-refractivity contribution in [2.45, 2.75) is 13.0 Å². The van der Waals surface area contributed by atoms with Gasteiger partial charge < -0.3 is 10.2 Å². The van der Waals surface area contributed by atoms with Crippen LogP contribution in [0.25, 0.3) is 0 Å². The second kappa shape index (κ2) is 8.19. The Hall–Kier alpha value is -2.25. The number of benzene rings is 2. The largest absolute Gasteiger partial charge is 0.368 e. The van der Waals surface area contributed by atoms with Gasteiger partial charge >= 0.3 is 0 Å². The monoisotopic (exact) mass is 397 g/mol. The molecule has 8 heteroatoms. The molecule has 0 bridgehead atoms. The van der Waals surface area contributed by atoms with Crippen molar-refractivity contribution in [3.8, 4) is 0 Å². The van der Waals surface area contributed by atoms with Gasteiger partial charge in [-0.3, -0.25) is 9.69 Å². The van der Waals surface area contributed by atoms with Gasteiger partial charge in [-0.15, -0.1) is 0 Å². The molecule has 144 valence electrons. The van der Waals surface area contributed by atoms with E-state index in [0.29, 0.717) is 31.2 Å². The van der Waals surface area contributed by atoms with Gasteiger partial charge in [-0.05, 0) is 31.2 Å². The fraction of sp³-hybridized carbons (Fsp3) is 0.316. The van der Waals surface area contributed by atoms with Crippen LogP contribution in [0.3, 0.4) is 0 Å². The number of piperazine rings is 1. The van der Waals surface area contributed by atoms with Crippen molar-refractivity contribution in [2.24, 2.45) is 0 Å². The second-order valence-electron chi connectivity index (χ2n) is 6.36. The highest BCUT2D eigenvalue weighted by atomic mass is 35.5. The molecule has 1 N–H and O–H groups in total. The number of amides is 1. The molecule has 1 heterocycles. The highest BCUT2D eigenvalue weighted by Gasteiger charge is 2.27. The minimum atomic E-state index is -1.60. The van der Waals surface area contributed by atoms with Crippen molar-refractivity contribution < 1.29 is 18.0 Å². The van der Waals surface area contributed by atoms with Crippen LogP contribution in [0.4, 0.5) is 24.5 Å². The lowest BCUT2D eigenvalue weighted by Gasteiger charge is -2.38. The predicted molar refractivity (Wildman–Crippen MR) is 99.6 cm³/mol. The zero-order chi connectivity index (χ0) is 19.6. The first-order valence-corrected chi connectivity index (χ1v) is 8.94. The molecule has 0 saturated carbocycles. The summed E-state index contributed by atoms with van der Waals surface area (Å²) in [6.07, 6.45) is 0. The summed E-state index contributed by atoms with van der Waals surface area (Å²) >= 11 is 6.22. The summed E-state index contributed by atoms with van der Waals surface area (Å²) in [6, 6.07) is 8.79. The molecule has 1 fully saturated rings. The van der Waals surface area contributed by atoms with Crippen LogP contribution in [-0.2, 0) is 4.79 Å². The minimum Gasteiger partial charge on any atom is -0.368 e. The van der Waals surface area contributed by atoms with E-state index < -0.39 is 29.4 Å². The van der Waals surface area contributed by atoms with Crippen molar-refractivity contribution in [1.82, 2.24) is 4.90 Å². The van der Waals surface area contributed by atoms with Crippen LogP contribution in [0.1, 0.15) is 6.92 Å². The van der Waals surface area contributed by atoms with Crippen LogP contribution in [0, 0.1) is 17.5 Å². The van der Waals surface area contributed by atoms with E-state index >= 15 is 0 Å². The highest BCUT2D eigenvalue weighted by molar-refractivity contribution is 6.33. The molecule has 1 saturated heterocycles. The third-order valence-electron chi connectivity index (χ3n) is 4.73. The summed E-state index contributed by atoms with van der Waals surface area (Å²) < 4.78 is 40.1. The lowest BCUT2D eigenvalue weighted by molar-refractivity contribution is -0.120. The summed E-state index contributed by atoms with van der Waals surface area (Å²) in [5, 5.41) is 3.00. The maximum Gasteiger partial charge on any atom is 0.241 e. The number of rotatable bonds is 4. The Morgan fingerprint density at radius 1 is 1.04 bits per heavy atom. The Morgan fingerprint density at radius 2 is 1.70 bits per heavy atom. The van der Waals surface area contributed by atoms with E-state index in [1.165, 1.54) is 0 Å². The molecular weight excluding hydrogens is 379 g/mol. The summed E-state index contributed by atoms with van der Waals surface area (Å²) in [5.74, 6) is -4.78. The van der Waals surface area contributed by atoms with Crippen molar-refractivity contribution in [3.63, 3.8) is 0 Å². The lowest BCUT2D eigenvalue weighted by Crippen LogP contribution is -2.53. The number of para-hydroxylation sites is 1. The molecule has 0 radical (unpaired) electrons. The Kier molecular flexibility index (Phi) is 5.92. The SMILES string of the molecule is C[C@@H](C(=O)Nc1ccc(F)c(F)c1F)N1CCN(c2ccccc2Cl)CC1. The Bertz CT molecular complexity index is 841. The number of carbonyl (C=O) groups is 1. The maximum atomic E-state index is 13.7. The first-order valence-electron chi connectivity index (χ1n) is 8.56. The van der Waals surface area contributed by atoms with E-state index in [1.807, 2.05) is 29.2 Å². The normalized spacial score (nSPS) is 16.3. The van der Waals surface area contributed by atoms with Gasteiger partial charge in [0.2, 0.25) is 5.91 Å². The van der Waals surface area contributed by atoms with Crippen LogP contribution in [0.15, 0.2) is 36.4 Å². The van der Waals surface area contributed by atoms with Crippen LogP contribution in [-0.4, -0.2) is 43.0 Å². The number of hydrogen-bond donors (Lipinski definition) is 1. The molecule has 0 unspecified atom stereocenters. The highest BCUT2D eigenvalue weighted by Crippen LogP contribution is 2.26. The molecular formula is C19H19ClF3N3O. The van der Waals surface area contributed by atoms with Gasteiger partial charge in [-0.2, -0.15) is 0 Å². The van der Waals surface area contributed by atoms with E-state index in [-0.39, 0.29) is 5.69 Å². The van der Waals surface area contributed by atoms with E-state index in [4.69, 9.17) is 11.6 Å². The van der Waals surface area contributed by atoms with Gasteiger partial charge in [0.1, 0.15) is 0 Å². The zero-order valence-electron chi connectivity index (χ0n) is 14.7. The molecule has 1 atom stereocenters. The van der Waals surface area contributed by atoms with Crippen molar-refractivity contribution in [1.29, 1.82) is 0 Å². The summed E-state index contributed by atoms with van der Waals surface area (Å²) in [4.78, 5) is 16.5. The van der Waals surface area contributed by atoms with E-state index in [2.05, 4.69) is 10.2 Å². The van der Waals surface area contributed by atoms with E-state index in [1.54, 1.807) is 6.92 Å². The fourth-order valence-electron chi connectivity index (χ4n) is 3.08. The van der Waals surface area contributed by atoms with Crippen LogP contribution < -0.4 is 10.2 Å². The number of anilines is 2. The van der Waals surface area contributed by atoms with Gasteiger partial charge in [0.15, 0.2) is 17.5 Å². The van der Waals surface area contributed by atoms with Crippen molar-refractivity contribution in [3.05, 3.63) is 58.9 Å². The molecule has 27 heavy (non-hydrogen) atoms. The van der Waals surface area contributed by atoms with Gasteiger partial charge in [0, 0.05) is 26.2 Å². The first-order chi connectivity index (χ1) is 12.9. The number of carbonyl (C=O) groups excluding carboxylic acids is 1. The third-order valence-corrected chi connectivity index (χ3v) is 5.05. The molecule has 1 aliphatic rings. The zero-order valence-corrected chi connectivity index (χ0v) is 15.4. The molecule has 0 aliphatic carbocycles. The summed E-state index contributed by atoms with van der Waals surface area (Å²) in [6.45, 7) is 4.28. The number of hydrogen-bond acceptors (Lipinski definition) is 3. The Morgan fingerprint density at radius 3 is 2.37 bits per heavy atom. The average Bonchev–Trinajstić information content (AvgIpc) is 2.68. The molecule has 3 rings (SSSR count).